The molecule has 1 fully saturated rings. The summed E-state index contributed by atoms with van der Waals surface area (Å²) >= 11 is 0. The highest BCUT2D eigenvalue weighted by molar-refractivity contribution is 5.68. The molecular weight excluding hydrogens is 380 g/mol. The molecule has 3 aromatic rings. The third-order valence-corrected chi connectivity index (χ3v) is 4.87. The van der Waals surface area contributed by atoms with Crippen molar-refractivity contribution in [3.63, 3.8) is 0 Å². The van der Waals surface area contributed by atoms with Crippen LogP contribution >= 0.6 is 0 Å². The highest BCUT2D eigenvalue weighted by Gasteiger charge is 2.24. The molecule has 8 heteroatoms. The van der Waals surface area contributed by atoms with Gasteiger partial charge in [0, 0.05) is 18.0 Å². The largest absolute Gasteiger partial charge is 0.504 e. The molecule has 4 rings (SSSR count). The van der Waals surface area contributed by atoms with E-state index in [0.717, 1.165) is 16.8 Å². The maximum absolute atomic E-state index is 10.4. The van der Waals surface area contributed by atoms with Crippen LogP contribution < -0.4 is 10.1 Å². The average Bonchev–Trinajstić information content (AvgIpc) is 3.48. The lowest BCUT2D eigenvalue weighted by molar-refractivity contribution is 0.219. The molecule has 8 nitrogen and oxygen atoms in total. The molecule has 2 heterocycles. The minimum absolute atomic E-state index is 0.000490. The summed E-state index contributed by atoms with van der Waals surface area (Å²) in [6.45, 7) is 5.67. The number of anilines is 2. The Morgan fingerprint density at radius 3 is 2.83 bits per heavy atom. The van der Waals surface area contributed by atoms with Crippen LogP contribution in [0.4, 0.5) is 11.6 Å². The Labute approximate surface area is 175 Å². The number of rotatable bonds is 7. The molecule has 0 bridgehead atoms. The van der Waals surface area contributed by atoms with Gasteiger partial charge in [-0.15, -0.1) is 0 Å². The van der Waals surface area contributed by atoms with Crippen LogP contribution in [0.25, 0.3) is 11.3 Å². The highest BCUT2D eigenvalue weighted by atomic mass is 16.5. The van der Waals surface area contributed by atoms with E-state index in [0.29, 0.717) is 23.4 Å². The van der Waals surface area contributed by atoms with Crippen molar-refractivity contribution in [2.24, 2.45) is 5.41 Å². The van der Waals surface area contributed by atoms with Gasteiger partial charge in [0.2, 0.25) is 5.95 Å². The van der Waals surface area contributed by atoms with Crippen molar-refractivity contribution < 1.29 is 9.84 Å². The van der Waals surface area contributed by atoms with Crippen LogP contribution in [-0.2, 0) is 0 Å². The van der Waals surface area contributed by atoms with E-state index in [9.17, 15) is 5.11 Å². The SMILES string of the molecule is Cc1cnc(Nc2cnn(C3CC3)c2)nc1-c1ccc(OCC(C)(C)C#N)c(O)c1. The summed E-state index contributed by atoms with van der Waals surface area (Å²) < 4.78 is 7.58. The quantitative estimate of drug-likeness (QED) is 0.602. The zero-order valence-corrected chi connectivity index (χ0v) is 17.3. The van der Waals surface area contributed by atoms with E-state index in [1.807, 2.05) is 23.9 Å². The maximum atomic E-state index is 10.4. The Morgan fingerprint density at radius 1 is 1.33 bits per heavy atom. The number of phenols is 1. The summed E-state index contributed by atoms with van der Waals surface area (Å²) in [6.07, 6.45) is 7.81. The zero-order chi connectivity index (χ0) is 21.3. The highest BCUT2D eigenvalue weighted by Crippen LogP contribution is 2.35. The molecule has 1 aromatic carbocycles. The number of nitrogens with one attached hydrogen (secondary N) is 1. The molecule has 30 heavy (non-hydrogen) atoms. The number of benzene rings is 1. The molecule has 1 aliphatic carbocycles. The molecule has 2 aromatic heterocycles. The molecule has 0 spiro atoms. The predicted molar refractivity (Wildman–Crippen MR) is 113 cm³/mol. The molecule has 0 unspecified atom stereocenters. The van der Waals surface area contributed by atoms with Gasteiger partial charge >= 0.3 is 0 Å². The fourth-order valence-corrected chi connectivity index (χ4v) is 2.94. The molecule has 154 valence electrons. The molecule has 1 aliphatic rings. The van der Waals surface area contributed by atoms with E-state index in [2.05, 4.69) is 26.5 Å². The summed E-state index contributed by atoms with van der Waals surface area (Å²) in [7, 11) is 0. The summed E-state index contributed by atoms with van der Waals surface area (Å²) in [6, 6.07) is 7.82. The van der Waals surface area contributed by atoms with Crippen LogP contribution in [0.5, 0.6) is 11.5 Å². The summed E-state index contributed by atoms with van der Waals surface area (Å²) in [4.78, 5) is 8.98. The normalized spacial score (nSPS) is 13.7. The standard InChI is InChI=1S/C22H24N6O2/c1-14-9-24-21(26-16-10-25-28(11-16)17-5-6-17)27-20(14)15-4-7-19(18(29)8-15)30-13-22(2,3)12-23/h4,7-11,17,29H,5-6,13H2,1-3H3,(H,24,26,27). The summed E-state index contributed by atoms with van der Waals surface area (Å²) in [5.74, 6) is 0.792. The van der Waals surface area contributed by atoms with Crippen molar-refractivity contribution >= 4 is 11.6 Å². The predicted octanol–water partition coefficient (Wildman–Crippen LogP) is 4.36. The maximum Gasteiger partial charge on any atom is 0.227 e. The van der Waals surface area contributed by atoms with E-state index < -0.39 is 5.41 Å². The fraction of sp³-hybridized carbons (Fsp3) is 0.364. The molecule has 0 aliphatic heterocycles. The fourth-order valence-electron chi connectivity index (χ4n) is 2.94. The number of aryl methyl sites for hydroxylation is 1. The van der Waals surface area contributed by atoms with Gasteiger partial charge in [0.15, 0.2) is 11.5 Å². The van der Waals surface area contributed by atoms with Crippen molar-refractivity contribution in [3.8, 4) is 28.8 Å². The van der Waals surface area contributed by atoms with E-state index in [1.54, 1.807) is 38.4 Å². The van der Waals surface area contributed by atoms with Gasteiger partial charge in [0.1, 0.15) is 6.61 Å². The molecule has 0 amide bonds. The first-order valence-corrected chi connectivity index (χ1v) is 9.87. The number of aromatic nitrogens is 4. The minimum Gasteiger partial charge on any atom is -0.504 e. The molecule has 2 N–H and O–H groups in total. The van der Waals surface area contributed by atoms with Crippen molar-refractivity contribution in [2.45, 2.75) is 39.7 Å². The minimum atomic E-state index is -0.637. The van der Waals surface area contributed by atoms with Gasteiger partial charge in [-0.05, 0) is 57.4 Å². The Morgan fingerprint density at radius 2 is 2.13 bits per heavy atom. The first-order valence-electron chi connectivity index (χ1n) is 9.87. The van der Waals surface area contributed by atoms with Crippen LogP contribution in [0.2, 0.25) is 0 Å². The van der Waals surface area contributed by atoms with Gasteiger partial charge < -0.3 is 15.2 Å². The second-order valence-electron chi connectivity index (χ2n) is 8.26. The van der Waals surface area contributed by atoms with Crippen LogP contribution in [-0.4, -0.2) is 31.5 Å². The van der Waals surface area contributed by atoms with Gasteiger partial charge in [-0.2, -0.15) is 10.4 Å². The number of nitriles is 1. The van der Waals surface area contributed by atoms with E-state index in [1.165, 1.54) is 12.8 Å². The number of aromatic hydroxyl groups is 1. The lowest BCUT2D eigenvalue weighted by atomic mass is 9.98. The van der Waals surface area contributed by atoms with Gasteiger partial charge in [-0.1, -0.05) is 0 Å². The number of ether oxygens (including phenoxy) is 1. The first kappa shape index (κ1) is 19.7. The van der Waals surface area contributed by atoms with Gasteiger partial charge in [-0.25, -0.2) is 9.97 Å². The van der Waals surface area contributed by atoms with Crippen molar-refractivity contribution in [3.05, 3.63) is 42.4 Å². The summed E-state index contributed by atoms with van der Waals surface area (Å²) in [5.41, 5.74) is 2.54. The van der Waals surface area contributed by atoms with Gasteiger partial charge in [-0.3, -0.25) is 4.68 Å². The number of hydrogen-bond donors (Lipinski definition) is 2. The molecule has 1 saturated carbocycles. The summed E-state index contributed by atoms with van der Waals surface area (Å²) in [5, 5.41) is 27.1. The van der Waals surface area contributed by atoms with Crippen LogP contribution in [0.15, 0.2) is 36.8 Å². The van der Waals surface area contributed by atoms with Gasteiger partial charge in [0.05, 0.1) is 35.1 Å². The average molecular weight is 404 g/mol. The van der Waals surface area contributed by atoms with E-state index >= 15 is 0 Å². The Hall–Kier alpha value is -3.60. The monoisotopic (exact) mass is 404 g/mol. The van der Waals surface area contributed by atoms with Gasteiger partial charge in [0.25, 0.3) is 0 Å². The molecule has 0 atom stereocenters. The van der Waals surface area contributed by atoms with E-state index in [4.69, 9.17) is 10.00 Å². The van der Waals surface area contributed by atoms with Crippen molar-refractivity contribution in [1.82, 2.24) is 19.7 Å². The number of phenolic OH excluding ortho intramolecular Hbond substituents is 1. The molecule has 0 radical (unpaired) electrons. The molecular formula is C22H24N6O2. The van der Waals surface area contributed by atoms with E-state index in [-0.39, 0.29) is 12.4 Å². The Balaban J connectivity index is 1.53. The number of nitrogens with zero attached hydrogens (tertiary/aromatic N) is 5. The second kappa shape index (κ2) is 7.67. The topological polar surface area (TPSA) is 109 Å². The second-order valence-corrected chi connectivity index (χ2v) is 8.26. The smallest absolute Gasteiger partial charge is 0.227 e. The Kier molecular flexibility index (Phi) is 5.04. The van der Waals surface area contributed by atoms with Crippen LogP contribution in [0.3, 0.4) is 0 Å². The first-order chi connectivity index (χ1) is 14.3. The third-order valence-electron chi connectivity index (χ3n) is 4.87. The van der Waals surface area contributed by atoms with Crippen LogP contribution in [0.1, 0.15) is 38.3 Å². The third kappa shape index (κ3) is 4.35. The number of hydrogen-bond acceptors (Lipinski definition) is 7. The van der Waals surface area contributed by atoms with Crippen molar-refractivity contribution in [1.29, 1.82) is 5.26 Å². The van der Waals surface area contributed by atoms with Crippen LogP contribution in [0, 0.1) is 23.7 Å². The van der Waals surface area contributed by atoms with Crippen molar-refractivity contribution in [2.75, 3.05) is 11.9 Å². The molecule has 0 saturated heterocycles. The Bertz CT molecular complexity index is 1110. The lowest BCUT2D eigenvalue weighted by Gasteiger charge is -2.17. The zero-order valence-electron chi connectivity index (χ0n) is 17.3. The lowest BCUT2D eigenvalue weighted by Crippen LogP contribution is -2.18.